The molecule has 0 aromatic carbocycles. The summed E-state index contributed by atoms with van der Waals surface area (Å²) in [4.78, 5) is 13.4. The van der Waals surface area contributed by atoms with Crippen molar-refractivity contribution in [2.24, 2.45) is 0 Å². The minimum absolute atomic E-state index is 0.0911. The minimum Gasteiger partial charge on any atom is -0.444 e. The Hall–Kier alpha value is -0.820. The average molecular weight is 279 g/mol. The van der Waals surface area contributed by atoms with Gasteiger partial charge in [0.2, 0.25) is 0 Å². The van der Waals surface area contributed by atoms with E-state index in [9.17, 15) is 13.2 Å². The second kappa shape index (κ2) is 5.05. The van der Waals surface area contributed by atoms with E-state index < -0.39 is 27.9 Å². The fourth-order valence-electron chi connectivity index (χ4n) is 1.87. The largest absolute Gasteiger partial charge is 0.444 e. The molecule has 6 nitrogen and oxygen atoms in total. The lowest BCUT2D eigenvalue weighted by molar-refractivity contribution is 0.0224. The molecule has 0 aliphatic carbocycles. The van der Waals surface area contributed by atoms with Crippen LogP contribution in [-0.4, -0.2) is 50.0 Å². The van der Waals surface area contributed by atoms with Crippen molar-refractivity contribution < 1.29 is 22.1 Å². The Balaban J connectivity index is 2.62. The highest BCUT2D eigenvalue weighted by Gasteiger charge is 2.36. The number of carbonyl (C=O) groups is 1. The normalized spacial score (nSPS) is 25.3. The Kier molecular flexibility index (Phi) is 4.27. The van der Waals surface area contributed by atoms with E-state index in [2.05, 4.69) is 0 Å². The number of likely N-dealkylation sites (tertiary alicyclic amines) is 1. The molecule has 0 aromatic rings. The number of hydrogen-bond acceptors (Lipinski definition) is 5. The molecule has 1 aliphatic heterocycles. The number of hydrogen-bond donors (Lipinski definition) is 0. The third kappa shape index (κ3) is 4.81. The predicted molar refractivity (Wildman–Crippen MR) is 66.7 cm³/mol. The highest BCUT2D eigenvalue weighted by Crippen LogP contribution is 2.23. The fourth-order valence-corrected chi connectivity index (χ4v) is 2.51. The first kappa shape index (κ1) is 15.2. The van der Waals surface area contributed by atoms with E-state index in [1.807, 2.05) is 6.92 Å². The van der Waals surface area contributed by atoms with Gasteiger partial charge in [0.05, 0.1) is 18.9 Å². The molecule has 1 heterocycles. The zero-order valence-corrected chi connectivity index (χ0v) is 12.3. The van der Waals surface area contributed by atoms with E-state index in [4.69, 9.17) is 8.92 Å². The smallest absolute Gasteiger partial charge is 0.410 e. The molecule has 18 heavy (non-hydrogen) atoms. The molecule has 0 bridgehead atoms. The third-order valence-corrected chi connectivity index (χ3v) is 3.10. The summed E-state index contributed by atoms with van der Waals surface area (Å²) in [5.41, 5.74) is -0.563. The zero-order valence-electron chi connectivity index (χ0n) is 11.5. The summed E-state index contributed by atoms with van der Waals surface area (Å²) in [6.07, 6.45) is 0.581. The molecular weight excluding hydrogens is 258 g/mol. The van der Waals surface area contributed by atoms with Gasteiger partial charge in [-0.2, -0.15) is 8.42 Å². The monoisotopic (exact) mass is 279 g/mol. The van der Waals surface area contributed by atoms with Crippen LogP contribution in [0, 0.1) is 0 Å². The highest BCUT2D eigenvalue weighted by molar-refractivity contribution is 7.86. The van der Waals surface area contributed by atoms with Gasteiger partial charge in [0.25, 0.3) is 10.1 Å². The lowest BCUT2D eigenvalue weighted by atomic mass is 10.2. The van der Waals surface area contributed by atoms with E-state index in [0.29, 0.717) is 6.42 Å². The zero-order chi connectivity index (χ0) is 14.1. The number of rotatable bonds is 2. The van der Waals surface area contributed by atoms with E-state index in [1.165, 1.54) is 4.90 Å². The Labute approximate surface area is 108 Å². The maximum Gasteiger partial charge on any atom is 0.410 e. The van der Waals surface area contributed by atoms with Crippen LogP contribution in [0.15, 0.2) is 0 Å². The lowest BCUT2D eigenvalue weighted by Gasteiger charge is -2.26. The first-order chi connectivity index (χ1) is 7.98. The molecule has 7 heteroatoms. The molecule has 0 saturated carbocycles. The van der Waals surface area contributed by atoms with Crippen LogP contribution in [0.4, 0.5) is 4.79 Å². The molecule has 1 saturated heterocycles. The summed E-state index contributed by atoms with van der Waals surface area (Å²) in [5.74, 6) is 0. The van der Waals surface area contributed by atoms with Crippen molar-refractivity contribution in [3.8, 4) is 0 Å². The summed E-state index contributed by atoms with van der Waals surface area (Å²) in [6.45, 7) is 7.45. The quantitative estimate of drug-likeness (QED) is 0.714. The van der Waals surface area contributed by atoms with E-state index in [0.717, 1.165) is 6.26 Å². The van der Waals surface area contributed by atoms with Crippen LogP contribution in [-0.2, 0) is 19.0 Å². The van der Waals surface area contributed by atoms with Crippen molar-refractivity contribution in [2.75, 3.05) is 12.8 Å². The van der Waals surface area contributed by atoms with Crippen LogP contribution < -0.4 is 0 Å². The van der Waals surface area contributed by atoms with Crippen molar-refractivity contribution in [3.63, 3.8) is 0 Å². The molecule has 2 atom stereocenters. The Morgan fingerprint density at radius 1 is 1.33 bits per heavy atom. The second-order valence-electron chi connectivity index (χ2n) is 5.64. The molecule has 0 N–H and O–H groups in total. The summed E-state index contributed by atoms with van der Waals surface area (Å²) >= 11 is 0. The maximum atomic E-state index is 11.9. The van der Waals surface area contributed by atoms with Crippen LogP contribution in [0.25, 0.3) is 0 Å². The molecule has 106 valence electrons. The van der Waals surface area contributed by atoms with Crippen LogP contribution in [0.3, 0.4) is 0 Å². The standard InChI is InChI=1S/C11H21NO5S/c1-8-6-9(17-18(5,14)15)7-12(8)10(13)16-11(2,3)4/h8-9H,6-7H2,1-5H3/t8-,9+/m0/s1. The Morgan fingerprint density at radius 2 is 1.89 bits per heavy atom. The van der Waals surface area contributed by atoms with E-state index >= 15 is 0 Å². The van der Waals surface area contributed by atoms with Crippen LogP contribution in [0.1, 0.15) is 34.1 Å². The van der Waals surface area contributed by atoms with Gasteiger partial charge in [-0.25, -0.2) is 4.79 Å². The fraction of sp³-hybridized carbons (Fsp3) is 0.909. The van der Waals surface area contributed by atoms with Crippen molar-refractivity contribution in [3.05, 3.63) is 0 Å². The van der Waals surface area contributed by atoms with Crippen molar-refractivity contribution >= 4 is 16.2 Å². The average Bonchev–Trinajstić information content (AvgIpc) is 2.39. The van der Waals surface area contributed by atoms with Crippen LogP contribution >= 0.6 is 0 Å². The summed E-state index contributed by atoms with van der Waals surface area (Å²) < 4.78 is 32.2. The minimum atomic E-state index is -3.49. The molecule has 0 spiro atoms. The van der Waals surface area contributed by atoms with Crippen LogP contribution in [0.2, 0.25) is 0 Å². The maximum absolute atomic E-state index is 11.9. The summed E-state index contributed by atoms with van der Waals surface area (Å²) in [6, 6.07) is -0.0911. The third-order valence-electron chi connectivity index (χ3n) is 2.48. The van der Waals surface area contributed by atoms with Gasteiger partial charge < -0.3 is 9.64 Å². The topological polar surface area (TPSA) is 72.9 Å². The molecule has 1 rings (SSSR count). The SMILES string of the molecule is C[C@H]1C[C@@H](OS(C)(=O)=O)CN1C(=O)OC(C)(C)C. The van der Waals surface area contributed by atoms with E-state index in [1.54, 1.807) is 20.8 Å². The highest BCUT2D eigenvalue weighted by atomic mass is 32.2. The van der Waals surface area contributed by atoms with E-state index in [-0.39, 0.29) is 12.6 Å². The molecule has 1 amide bonds. The van der Waals surface area contributed by atoms with Gasteiger partial charge in [0.1, 0.15) is 5.60 Å². The van der Waals surface area contributed by atoms with Crippen molar-refractivity contribution in [1.82, 2.24) is 4.90 Å². The molecule has 0 aromatic heterocycles. The van der Waals surface area contributed by atoms with Gasteiger partial charge in [0.15, 0.2) is 0 Å². The molecule has 0 radical (unpaired) electrons. The summed E-state index contributed by atoms with van der Waals surface area (Å²) in [7, 11) is -3.49. The summed E-state index contributed by atoms with van der Waals surface area (Å²) in [5, 5.41) is 0. The molecule has 1 fully saturated rings. The van der Waals surface area contributed by atoms with Gasteiger partial charge in [0, 0.05) is 6.04 Å². The number of ether oxygens (including phenoxy) is 1. The van der Waals surface area contributed by atoms with Gasteiger partial charge in [-0.05, 0) is 34.1 Å². The number of carbonyl (C=O) groups excluding carboxylic acids is 1. The first-order valence-electron chi connectivity index (χ1n) is 5.86. The Bertz CT molecular complexity index is 412. The molecule has 1 aliphatic rings. The first-order valence-corrected chi connectivity index (χ1v) is 7.67. The molecule has 0 unspecified atom stereocenters. The van der Waals surface area contributed by atoms with Crippen LogP contribution in [0.5, 0.6) is 0 Å². The lowest BCUT2D eigenvalue weighted by Crippen LogP contribution is -2.39. The Morgan fingerprint density at radius 3 is 2.33 bits per heavy atom. The number of nitrogens with zero attached hydrogens (tertiary/aromatic N) is 1. The van der Waals surface area contributed by atoms with Crippen molar-refractivity contribution in [1.29, 1.82) is 0 Å². The van der Waals surface area contributed by atoms with Gasteiger partial charge >= 0.3 is 6.09 Å². The molecular formula is C11H21NO5S. The number of amides is 1. The van der Waals surface area contributed by atoms with Crippen molar-refractivity contribution in [2.45, 2.75) is 51.9 Å². The second-order valence-corrected chi connectivity index (χ2v) is 7.24. The predicted octanol–water partition coefficient (Wildman–Crippen LogP) is 1.36. The van der Waals surface area contributed by atoms with Gasteiger partial charge in [-0.3, -0.25) is 4.18 Å². The van der Waals surface area contributed by atoms with Gasteiger partial charge in [-0.1, -0.05) is 0 Å². The van der Waals surface area contributed by atoms with Gasteiger partial charge in [-0.15, -0.1) is 0 Å².